The second-order valence-electron chi connectivity index (χ2n) is 5.67. The zero-order valence-electron chi connectivity index (χ0n) is 13.5. The van der Waals surface area contributed by atoms with Crippen molar-refractivity contribution >= 4 is 5.97 Å². The molecule has 0 aliphatic carbocycles. The van der Waals surface area contributed by atoms with Crippen molar-refractivity contribution < 1.29 is 9.53 Å². The highest BCUT2D eigenvalue weighted by atomic mass is 16.5. The molecule has 0 radical (unpaired) electrons. The van der Waals surface area contributed by atoms with Gasteiger partial charge in [0.15, 0.2) is 0 Å². The number of benzene rings is 3. The van der Waals surface area contributed by atoms with E-state index in [-0.39, 0.29) is 5.97 Å². The Morgan fingerprint density at radius 1 is 0.708 bits per heavy atom. The SMILES string of the molecule is O=C(OCCCc1ccccc1)c1ccc(-c2ccccc2)cc1. The van der Waals surface area contributed by atoms with Crippen LogP contribution in [-0.4, -0.2) is 12.6 Å². The number of hydrogen-bond donors (Lipinski definition) is 0. The second-order valence-corrected chi connectivity index (χ2v) is 5.67. The van der Waals surface area contributed by atoms with Crippen LogP contribution in [0.4, 0.5) is 0 Å². The molecule has 0 heterocycles. The lowest BCUT2D eigenvalue weighted by atomic mass is 10.0. The first-order chi connectivity index (χ1) is 11.8. The largest absolute Gasteiger partial charge is 0.462 e. The van der Waals surface area contributed by atoms with Gasteiger partial charge in [0.1, 0.15) is 0 Å². The number of carbonyl (C=O) groups excluding carboxylic acids is 1. The molecule has 0 unspecified atom stereocenters. The molecule has 0 fully saturated rings. The minimum Gasteiger partial charge on any atom is -0.462 e. The van der Waals surface area contributed by atoms with Gasteiger partial charge in [0, 0.05) is 0 Å². The number of ether oxygens (including phenoxy) is 1. The minimum absolute atomic E-state index is 0.261. The molecule has 0 saturated heterocycles. The maximum absolute atomic E-state index is 12.1. The summed E-state index contributed by atoms with van der Waals surface area (Å²) in [5, 5.41) is 0. The summed E-state index contributed by atoms with van der Waals surface area (Å²) in [4.78, 5) is 12.1. The highest BCUT2D eigenvalue weighted by molar-refractivity contribution is 5.90. The molecule has 3 aromatic carbocycles. The second kappa shape index (κ2) is 8.11. The number of esters is 1. The molecule has 0 atom stereocenters. The number of hydrogen-bond acceptors (Lipinski definition) is 2. The van der Waals surface area contributed by atoms with Gasteiger partial charge in [-0.3, -0.25) is 0 Å². The van der Waals surface area contributed by atoms with Gasteiger partial charge in [0.2, 0.25) is 0 Å². The molecule has 0 N–H and O–H groups in total. The maximum atomic E-state index is 12.1. The Labute approximate surface area is 142 Å². The molecule has 0 aliphatic rings. The molecule has 3 aromatic rings. The minimum atomic E-state index is -0.261. The van der Waals surface area contributed by atoms with E-state index in [0.717, 1.165) is 24.0 Å². The van der Waals surface area contributed by atoms with Gasteiger partial charge in [-0.05, 0) is 41.7 Å². The van der Waals surface area contributed by atoms with E-state index in [1.807, 2.05) is 60.7 Å². The molecule has 0 aromatic heterocycles. The van der Waals surface area contributed by atoms with Crippen LogP contribution in [0, 0.1) is 0 Å². The fraction of sp³-hybridized carbons (Fsp3) is 0.136. The van der Waals surface area contributed by atoms with Crippen molar-refractivity contribution in [3.05, 3.63) is 96.1 Å². The van der Waals surface area contributed by atoms with Gasteiger partial charge in [-0.25, -0.2) is 4.79 Å². The number of rotatable bonds is 6. The third-order valence-corrected chi connectivity index (χ3v) is 3.91. The van der Waals surface area contributed by atoms with Crippen LogP contribution in [0.25, 0.3) is 11.1 Å². The summed E-state index contributed by atoms with van der Waals surface area (Å²) in [5.74, 6) is -0.261. The summed E-state index contributed by atoms with van der Waals surface area (Å²) in [5.41, 5.74) is 4.09. The van der Waals surface area contributed by atoms with E-state index in [0.29, 0.717) is 12.2 Å². The van der Waals surface area contributed by atoms with Crippen LogP contribution in [-0.2, 0) is 11.2 Å². The molecule has 0 aliphatic heterocycles. The summed E-state index contributed by atoms with van der Waals surface area (Å²) >= 11 is 0. The highest BCUT2D eigenvalue weighted by Gasteiger charge is 2.07. The Balaban J connectivity index is 1.50. The van der Waals surface area contributed by atoms with Crippen molar-refractivity contribution in [3.8, 4) is 11.1 Å². The quantitative estimate of drug-likeness (QED) is 0.465. The van der Waals surface area contributed by atoms with E-state index in [4.69, 9.17) is 4.74 Å². The number of aryl methyl sites for hydroxylation is 1. The first kappa shape index (κ1) is 16.0. The monoisotopic (exact) mass is 316 g/mol. The van der Waals surface area contributed by atoms with E-state index < -0.39 is 0 Å². The lowest BCUT2D eigenvalue weighted by Gasteiger charge is -2.06. The highest BCUT2D eigenvalue weighted by Crippen LogP contribution is 2.19. The fourth-order valence-corrected chi connectivity index (χ4v) is 2.60. The topological polar surface area (TPSA) is 26.3 Å². The maximum Gasteiger partial charge on any atom is 0.338 e. The van der Waals surface area contributed by atoms with E-state index in [9.17, 15) is 4.79 Å². The molecule has 120 valence electrons. The van der Waals surface area contributed by atoms with Crippen LogP contribution in [0.3, 0.4) is 0 Å². The third-order valence-electron chi connectivity index (χ3n) is 3.91. The molecular formula is C22H20O2. The van der Waals surface area contributed by atoms with Gasteiger partial charge in [0.25, 0.3) is 0 Å². The Morgan fingerprint density at radius 2 is 1.29 bits per heavy atom. The van der Waals surface area contributed by atoms with Crippen molar-refractivity contribution in [1.82, 2.24) is 0 Å². The molecule has 3 rings (SSSR count). The van der Waals surface area contributed by atoms with Crippen LogP contribution in [0.1, 0.15) is 22.3 Å². The van der Waals surface area contributed by atoms with Crippen molar-refractivity contribution in [1.29, 1.82) is 0 Å². The molecule has 0 saturated carbocycles. The van der Waals surface area contributed by atoms with Crippen LogP contribution in [0.15, 0.2) is 84.9 Å². The van der Waals surface area contributed by atoms with Crippen molar-refractivity contribution in [2.75, 3.05) is 6.61 Å². The smallest absolute Gasteiger partial charge is 0.338 e. The van der Waals surface area contributed by atoms with Crippen LogP contribution >= 0.6 is 0 Å². The van der Waals surface area contributed by atoms with Crippen LogP contribution < -0.4 is 0 Å². The summed E-state index contributed by atoms with van der Waals surface area (Å²) < 4.78 is 5.36. The van der Waals surface area contributed by atoms with Gasteiger partial charge >= 0.3 is 5.97 Å². The summed E-state index contributed by atoms with van der Waals surface area (Å²) in [6, 6.07) is 27.9. The Bertz CT molecular complexity index is 762. The number of carbonyl (C=O) groups is 1. The zero-order chi connectivity index (χ0) is 16.6. The standard InChI is InChI=1S/C22H20O2/c23-22(24-17-7-10-18-8-3-1-4-9-18)21-15-13-20(14-16-21)19-11-5-2-6-12-19/h1-6,8-9,11-16H,7,10,17H2. The van der Waals surface area contributed by atoms with Gasteiger partial charge in [0.05, 0.1) is 12.2 Å². The van der Waals surface area contributed by atoms with Crippen molar-refractivity contribution in [2.24, 2.45) is 0 Å². The summed E-state index contributed by atoms with van der Waals surface area (Å²) in [6.07, 6.45) is 1.75. The predicted molar refractivity (Wildman–Crippen MR) is 96.9 cm³/mol. The normalized spacial score (nSPS) is 10.3. The average Bonchev–Trinajstić information content (AvgIpc) is 2.67. The Kier molecular flexibility index (Phi) is 5.41. The fourth-order valence-electron chi connectivity index (χ4n) is 2.60. The lowest BCUT2D eigenvalue weighted by Crippen LogP contribution is -2.07. The Hall–Kier alpha value is -2.87. The van der Waals surface area contributed by atoms with Gasteiger partial charge < -0.3 is 4.74 Å². The van der Waals surface area contributed by atoms with Gasteiger partial charge in [-0.1, -0.05) is 72.8 Å². The molecule has 0 amide bonds. The first-order valence-electron chi connectivity index (χ1n) is 8.19. The molecule has 24 heavy (non-hydrogen) atoms. The Morgan fingerprint density at radius 3 is 1.96 bits per heavy atom. The van der Waals surface area contributed by atoms with Crippen molar-refractivity contribution in [2.45, 2.75) is 12.8 Å². The van der Waals surface area contributed by atoms with E-state index >= 15 is 0 Å². The zero-order valence-corrected chi connectivity index (χ0v) is 13.5. The predicted octanol–water partition coefficient (Wildman–Crippen LogP) is 5.14. The first-order valence-corrected chi connectivity index (χ1v) is 8.19. The van der Waals surface area contributed by atoms with Crippen molar-refractivity contribution in [3.63, 3.8) is 0 Å². The molecule has 0 spiro atoms. The third kappa shape index (κ3) is 4.32. The van der Waals surface area contributed by atoms with Gasteiger partial charge in [-0.15, -0.1) is 0 Å². The molecule has 0 bridgehead atoms. The molecular weight excluding hydrogens is 296 g/mol. The van der Waals surface area contributed by atoms with E-state index in [2.05, 4.69) is 24.3 Å². The molecule has 2 heteroatoms. The van der Waals surface area contributed by atoms with Gasteiger partial charge in [-0.2, -0.15) is 0 Å². The average molecular weight is 316 g/mol. The summed E-state index contributed by atoms with van der Waals surface area (Å²) in [6.45, 7) is 0.439. The molecule has 2 nitrogen and oxygen atoms in total. The van der Waals surface area contributed by atoms with Crippen LogP contribution in [0.5, 0.6) is 0 Å². The van der Waals surface area contributed by atoms with Crippen LogP contribution in [0.2, 0.25) is 0 Å². The summed E-state index contributed by atoms with van der Waals surface area (Å²) in [7, 11) is 0. The lowest BCUT2D eigenvalue weighted by molar-refractivity contribution is 0.0500. The van der Waals surface area contributed by atoms with E-state index in [1.165, 1.54) is 5.56 Å². The van der Waals surface area contributed by atoms with E-state index in [1.54, 1.807) is 0 Å².